The Morgan fingerprint density at radius 3 is 2.56 bits per heavy atom. The Balaban J connectivity index is 2.14. The Morgan fingerprint density at radius 1 is 1.19 bits per heavy atom. The van der Waals surface area contributed by atoms with E-state index in [2.05, 4.69) is 4.98 Å². The number of nitrogens with two attached hydrogens (primary N) is 1. The van der Waals surface area contributed by atoms with Crippen molar-refractivity contribution in [2.24, 2.45) is 0 Å². The summed E-state index contributed by atoms with van der Waals surface area (Å²) in [4.78, 5) is 5.34. The molecule has 0 saturated heterocycles. The lowest BCUT2D eigenvalue weighted by atomic mass is 10.3. The van der Waals surface area contributed by atoms with E-state index in [0.717, 1.165) is 21.4 Å². The van der Waals surface area contributed by atoms with Gasteiger partial charge in [-0.15, -0.1) is 0 Å². The highest BCUT2D eigenvalue weighted by atomic mass is 32.2. The summed E-state index contributed by atoms with van der Waals surface area (Å²) in [5.41, 5.74) is 6.41. The third kappa shape index (κ3) is 2.67. The normalized spacial score (nSPS) is 10.1. The van der Waals surface area contributed by atoms with Crippen LogP contribution in [0.15, 0.2) is 52.5 Å². The zero-order valence-corrected chi connectivity index (χ0v) is 9.70. The van der Waals surface area contributed by atoms with Crippen molar-refractivity contribution in [1.29, 1.82) is 0 Å². The maximum absolute atomic E-state index is 5.68. The molecule has 1 heterocycles. The van der Waals surface area contributed by atoms with Crippen molar-refractivity contribution in [3.05, 3.63) is 42.6 Å². The highest BCUT2D eigenvalue weighted by molar-refractivity contribution is 7.99. The zero-order chi connectivity index (χ0) is 11.4. The van der Waals surface area contributed by atoms with Crippen molar-refractivity contribution in [3.63, 3.8) is 0 Å². The molecule has 2 N–H and O–H groups in total. The van der Waals surface area contributed by atoms with Gasteiger partial charge in [-0.05, 0) is 36.4 Å². The van der Waals surface area contributed by atoms with Crippen LogP contribution in [0.3, 0.4) is 0 Å². The summed E-state index contributed by atoms with van der Waals surface area (Å²) in [6.45, 7) is 0. The Bertz CT molecular complexity index is 471. The monoisotopic (exact) mass is 232 g/mol. The van der Waals surface area contributed by atoms with Gasteiger partial charge in [0.05, 0.1) is 7.11 Å². The van der Waals surface area contributed by atoms with E-state index in [-0.39, 0.29) is 0 Å². The number of hydrogen-bond acceptors (Lipinski definition) is 4. The number of nitrogens with zero attached hydrogens (tertiary/aromatic N) is 1. The molecule has 0 spiro atoms. The minimum Gasteiger partial charge on any atom is -0.497 e. The molecule has 2 rings (SSSR count). The molecule has 3 nitrogen and oxygen atoms in total. The predicted octanol–water partition coefficient (Wildman–Crippen LogP) is 2.82. The van der Waals surface area contributed by atoms with Crippen molar-refractivity contribution in [1.82, 2.24) is 4.98 Å². The van der Waals surface area contributed by atoms with Crippen molar-refractivity contribution in [2.75, 3.05) is 12.8 Å². The number of methoxy groups -OCH3 is 1. The van der Waals surface area contributed by atoms with Gasteiger partial charge in [0.1, 0.15) is 10.8 Å². The summed E-state index contributed by atoms with van der Waals surface area (Å²) >= 11 is 1.57. The molecule has 0 radical (unpaired) electrons. The quantitative estimate of drug-likeness (QED) is 0.884. The Labute approximate surface area is 98.6 Å². The second-order valence-corrected chi connectivity index (χ2v) is 4.30. The number of nitrogen functional groups attached to an aromatic ring is 1. The highest BCUT2D eigenvalue weighted by Crippen LogP contribution is 2.28. The molecule has 0 unspecified atom stereocenters. The fraction of sp³-hybridized carbons (Fsp3) is 0.0833. The van der Waals surface area contributed by atoms with Crippen LogP contribution in [0.25, 0.3) is 0 Å². The van der Waals surface area contributed by atoms with Crippen molar-refractivity contribution in [2.45, 2.75) is 9.92 Å². The van der Waals surface area contributed by atoms with Crippen LogP contribution in [-0.2, 0) is 0 Å². The molecule has 1 aromatic carbocycles. The summed E-state index contributed by atoms with van der Waals surface area (Å²) in [5, 5.41) is 0.894. The summed E-state index contributed by atoms with van der Waals surface area (Å²) < 4.78 is 5.09. The Kier molecular flexibility index (Phi) is 3.31. The standard InChI is InChI=1S/C12H12N2OS/c1-15-10-2-4-11(5-3-10)16-12-8-9(13)6-7-14-12/h2-8H,1H3,(H2,13,14). The molecular weight excluding hydrogens is 220 g/mol. The van der Waals surface area contributed by atoms with E-state index in [1.165, 1.54) is 0 Å². The topological polar surface area (TPSA) is 48.1 Å². The number of hydrogen-bond donors (Lipinski definition) is 1. The number of ether oxygens (including phenoxy) is 1. The second-order valence-electron chi connectivity index (χ2n) is 3.21. The molecule has 16 heavy (non-hydrogen) atoms. The molecular formula is C12H12N2OS. The third-order valence-corrected chi connectivity index (χ3v) is 2.98. The van der Waals surface area contributed by atoms with Gasteiger partial charge in [-0.1, -0.05) is 11.8 Å². The number of anilines is 1. The van der Waals surface area contributed by atoms with Gasteiger partial charge in [-0.25, -0.2) is 4.98 Å². The van der Waals surface area contributed by atoms with Crippen LogP contribution < -0.4 is 10.5 Å². The minimum atomic E-state index is 0.728. The summed E-state index contributed by atoms with van der Waals surface area (Å²) in [6.07, 6.45) is 1.71. The van der Waals surface area contributed by atoms with Gasteiger partial charge in [-0.3, -0.25) is 0 Å². The van der Waals surface area contributed by atoms with Crippen molar-refractivity contribution in [3.8, 4) is 5.75 Å². The van der Waals surface area contributed by atoms with Crippen molar-refractivity contribution >= 4 is 17.4 Å². The Morgan fingerprint density at radius 2 is 1.94 bits per heavy atom. The van der Waals surface area contributed by atoms with E-state index in [4.69, 9.17) is 10.5 Å². The first-order chi connectivity index (χ1) is 7.78. The molecule has 1 aromatic heterocycles. The average Bonchev–Trinajstić information content (AvgIpc) is 2.30. The minimum absolute atomic E-state index is 0.728. The first-order valence-corrected chi connectivity index (χ1v) is 5.63. The van der Waals surface area contributed by atoms with Gasteiger partial charge in [0.15, 0.2) is 0 Å². The van der Waals surface area contributed by atoms with Gasteiger partial charge in [0, 0.05) is 16.8 Å². The smallest absolute Gasteiger partial charge is 0.118 e. The van der Waals surface area contributed by atoms with E-state index in [0.29, 0.717) is 0 Å². The zero-order valence-electron chi connectivity index (χ0n) is 8.88. The van der Waals surface area contributed by atoms with Gasteiger partial charge in [0.2, 0.25) is 0 Å². The molecule has 0 aliphatic rings. The van der Waals surface area contributed by atoms with Gasteiger partial charge >= 0.3 is 0 Å². The highest BCUT2D eigenvalue weighted by Gasteiger charge is 1.99. The lowest BCUT2D eigenvalue weighted by molar-refractivity contribution is 0.414. The van der Waals surface area contributed by atoms with Crippen LogP contribution in [0, 0.1) is 0 Å². The predicted molar refractivity (Wildman–Crippen MR) is 65.8 cm³/mol. The fourth-order valence-corrected chi connectivity index (χ4v) is 2.07. The third-order valence-electron chi connectivity index (χ3n) is 2.04. The van der Waals surface area contributed by atoms with E-state index in [1.807, 2.05) is 30.3 Å². The maximum Gasteiger partial charge on any atom is 0.118 e. The Hall–Kier alpha value is -1.68. The largest absolute Gasteiger partial charge is 0.497 e. The van der Waals surface area contributed by atoms with Crippen LogP contribution in [-0.4, -0.2) is 12.1 Å². The number of benzene rings is 1. The fourth-order valence-electron chi connectivity index (χ4n) is 1.25. The first-order valence-electron chi connectivity index (χ1n) is 4.81. The first kappa shape index (κ1) is 10.8. The average molecular weight is 232 g/mol. The van der Waals surface area contributed by atoms with Crippen molar-refractivity contribution < 1.29 is 4.74 Å². The molecule has 0 aliphatic heterocycles. The summed E-state index contributed by atoms with van der Waals surface area (Å²) in [5.74, 6) is 0.852. The van der Waals surface area contributed by atoms with E-state index < -0.39 is 0 Å². The van der Waals surface area contributed by atoms with Gasteiger partial charge < -0.3 is 10.5 Å². The maximum atomic E-state index is 5.68. The lowest BCUT2D eigenvalue weighted by Crippen LogP contribution is -1.86. The molecule has 0 atom stereocenters. The molecule has 0 aliphatic carbocycles. The van der Waals surface area contributed by atoms with Gasteiger partial charge in [-0.2, -0.15) is 0 Å². The molecule has 0 amide bonds. The number of rotatable bonds is 3. The van der Waals surface area contributed by atoms with Crippen LogP contribution >= 0.6 is 11.8 Å². The molecule has 4 heteroatoms. The molecule has 0 fully saturated rings. The van der Waals surface area contributed by atoms with E-state index in [9.17, 15) is 0 Å². The number of pyridine rings is 1. The molecule has 0 saturated carbocycles. The van der Waals surface area contributed by atoms with Crippen LogP contribution in [0.1, 0.15) is 0 Å². The summed E-state index contributed by atoms with van der Waals surface area (Å²) in [6, 6.07) is 11.5. The van der Waals surface area contributed by atoms with Gasteiger partial charge in [0.25, 0.3) is 0 Å². The van der Waals surface area contributed by atoms with Crippen LogP contribution in [0.4, 0.5) is 5.69 Å². The second kappa shape index (κ2) is 4.90. The van der Waals surface area contributed by atoms with Crippen LogP contribution in [0.2, 0.25) is 0 Å². The van der Waals surface area contributed by atoms with E-state index >= 15 is 0 Å². The van der Waals surface area contributed by atoms with Crippen LogP contribution in [0.5, 0.6) is 5.75 Å². The lowest BCUT2D eigenvalue weighted by Gasteiger charge is -2.03. The van der Waals surface area contributed by atoms with E-state index in [1.54, 1.807) is 31.1 Å². The molecule has 0 bridgehead atoms. The molecule has 82 valence electrons. The number of aromatic nitrogens is 1. The summed E-state index contributed by atoms with van der Waals surface area (Å²) in [7, 11) is 1.65. The SMILES string of the molecule is COc1ccc(Sc2cc(N)ccn2)cc1. The molecule has 2 aromatic rings.